The molecule has 18 heavy (non-hydrogen) atoms. The fraction of sp³-hybridized carbons (Fsp3) is 0.692. The summed E-state index contributed by atoms with van der Waals surface area (Å²) in [5.41, 5.74) is 0.815. The quantitative estimate of drug-likeness (QED) is 0.744. The molecule has 1 heterocycles. The van der Waals surface area contributed by atoms with E-state index in [1.165, 1.54) is 19.3 Å². The van der Waals surface area contributed by atoms with Gasteiger partial charge in [0.15, 0.2) is 0 Å². The average molecular weight is 251 g/mol. The highest BCUT2D eigenvalue weighted by Crippen LogP contribution is 2.28. The normalized spacial score (nSPS) is 20.5. The van der Waals surface area contributed by atoms with Crippen molar-refractivity contribution in [3.05, 3.63) is 18.2 Å². The van der Waals surface area contributed by atoms with Crippen LogP contribution in [0.2, 0.25) is 0 Å². The van der Waals surface area contributed by atoms with Crippen LogP contribution in [0.15, 0.2) is 12.5 Å². The first kappa shape index (κ1) is 13.1. The van der Waals surface area contributed by atoms with E-state index in [0.29, 0.717) is 6.42 Å². The molecule has 3 N–H and O–H groups in total. The van der Waals surface area contributed by atoms with Gasteiger partial charge in [-0.15, -0.1) is 0 Å². The predicted molar refractivity (Wildman–Crippen MR) is 68.3 cm³/mol. The highest BCUT2D eigenvalue weighted by molar-refractivity contribution is 5.74. The topological polar surface area (TPSA) is 78.0 Å². The molecule has 5 nitrogen and oxygen atoms in total. The van der Waals surface area contributed by atoms with E-state index in [1.807, 2.05) is 0 Å². The summed E-state index contributed by atoms with van der Waals surface area (Å²) < 4.78 is 0. The number of rotatable bonds is 5. The molecule has 100 valence electrons. The maximum absolute atomic E-state index is 11.3. The monoisotopic (exact) mass is 251 g/mol. The molecule has 1 saturated carbocycles. The number of nitrogens with zero attached hydrogens (tertiary/aromatic N) is 1. The van der Waals surface area contributed by atoms with E-state index in [9.17, 15) is 9.90 Å². The fourth-order valence-electron chi connectivity index (χ4n) is 2.71. The van der Waals surface area contributed by atoms with Crippen molar-refractivity contribution in [1.29, 1.82) is 0 Å². The molecule has 1 aromatic rings. The zero-order valence-corrected chi connectivity index (χ0v) is 10.8. The summed E-state index contributed by atoms with van der Waals surface area (Å²) in [6.45, 7) is 2.13. The lowest BCUT2D eigenvalue weighted by Gasteiger charge is -2.37. The van der Waals surface area contributed by atoms with Crippen LogP contribution >= 0.6 is 0 Å². The highest BCUT2D eigenvalue weighted by Gasteiger charge is 2.31. The van der Waals surface area contributed by atoms with E-state index in [0.717, 1.165) is 18.5 Å². The number of carboxylic acids is 1. The van der Waals surface area contributed by atoms with Crippen molar-refractivity contribution in [3.8, 4) is 0 Å². The molecule has 2 rings (SSSR count). The van der Waals surface area contributed by atoms with Gasteiger partial charge in [-0.05, 0) is 19.8 Å². The second-order valence-corrected chi connectivity index (χ2v) is 5.44. The van der Waals surface area contributed by atoms with Crippen LogP contribution in [-0.4, -0.2) is 32.6 Å². The molecular weight excluding hydrogens is 230 g/mol. The number of nitrogens with one attached hydrogen (secondary N) is 2. The third-order valence-electron chi connectivity index (χ3n) is 3.76. The molecule has 1 aliphatic rings. The Morgan fingerprint density at radius 2 is 2.28 bits per heavy atom. The van der Waals surface area contributed by atoms with Crippen LogP contribution in [0.3, 0.4) is 0 Å². The van der Waals surface area contributed by atoms with Gasteiger partial charge in [0.05, 0.1) is 6.33 Å². The number of aromatic amines is 1. The minimum atomic E-state index is -0.795. The number of imidazole rings is 1. The molecule has 1 fully saturated rings. The average Bonchev–Trinajstić information content (AvgIpc) is 2.81. The van der Waals surface area contributed by atoms with Crippen LogP contribution in [0.4, 0.5) is 0 Å². The Balaban J connectivity index is 1.99. The SMILES string of the molecule is CC1(N[C@@H](Cc2cnc[nH]2)C(=O)O)CCCCC1. The van der Waals surface area contributed by atoms with Gasteiger partial charge in [-0.2, -0.15) is 0 Å². The minimum Gasteiger partial charge on any atom is -0.480 e. The van der Waals surface area contributed by atoms with Gasteiger partial charge in [0.25, 0.3) is 0 Å². The fourth-order valence-corrected chi connectivity index (χ4v) is 2.71. The number of H-pyrrole nitrogens is 1. The van der Waals surface area contributed by atoms with Crippen LogP contribution in [0.5, 0.6) is 0 Å². The molecule has 0 amide bonds. The van der Waals surface area contributed by atoms with E-state index in [-0.39, 0.29) is 5.54 Å². The molecule has 1 aliphatic carbocycles. The number of hydrogen-bond donors (Lipinski definition) is 3. The number of carbonyl (C=O) groups is 1. The van der Waals surface area contributed by atoms with Gasteiger partial charge in [0.2, 0.25) is 0 Å². The maximum atomic E-state index is 11.3. The van der Waals surface area contributed by atoms with Crippen molar-refractivity contribution in [2.45, 2.75) is 57.0 Å². The standard InChI is InChI=1S/C13H21N3O2/c1-13(5-3-2-4-6-13)16-11(12(17)18)7-10-8-14-9-15-10/h8-9,11,16H,2-7H2,1H3,(H,14,15)(H,17,18)/t11-/m0/s1. The Morgan fingerprint density at radius 1 is 1.56 bits per heavy atom. The van der Waals surface area contributed by atoms with Crippen LogP contribution in [0.25, 0.3) is 0 Å². The minimum absolute atomic E-state index is 0.0403. The van der Waals surface area contributed by atoms with E-state index < -0.39 is 12.0 Å². The summed E-state index contributed by atoms with van der Waals surface area (Å²) >= 11 is 0. The molecule has 1 atom stereocenters. The zero-order chi connectivity index (χ0) is 13.0. The molecule has 0 spiro atoms. The Labute approximate surface area is 107 Å². The third-order valence-corrected chi connectivity index (χ3v) is 3.76. The Kier molecular flexibility index (Phi) is 4.01. The van der Waals surface area contributed by atoms with Crippen molar-refractivity contribution >= 4 is 5.97 Å². The summed E-state index contributed by atoms with van der Waals surface area (Å²) in [7, 11) is 0. The Bertz CT molecular complexity index is 383. The first-order chi connectivity index (χ1) is 8.59. The summed E-state index contributed by atoms with van der Waals surface area (Å²) in [6, 6.07) is -0.548. The molecule has 0 aliphatic heterocycles. The van der Waals surface area contributed by atoms with Gasteiger partial charge in [-0.25, -0.2) is 4.98 Å². The molecule has 0 bridgehead atoms. The van der Waals surface area contributed by atoms with E-state index >= 15 is 0 Å². The van der Waals surface area contributed by atoms with Gasteiger partial charge in [-0.1, -0.05) is 19.3 Å². The molecular formula is C13H21N3O2. The second-order valence-electron chi connectivity index (χ2n) is 5.44. The van der Waals surface area contributed by atoms with Crippen molar-refractivity contribution in [3.63, 3.8) is 0 Å². The smallest absolute Gasteiger partial charge is 0.321 e. The van der Waals surface area contributed by atoms with Crippen molar-refractivity contribution in [2.75, 3.05) is 0 Å². The van der Waals surface area contributed by atoms with Crippen molar-refractivity contribution < 1.29 is 9.90 Å². The van der Waals surface area contributed by atoms with Crippen molar-refractivity contribution in [1.82, 2.24) is 15.3 Å². The van der Waals surface area contributed by atoms with Crippen LogP contribution in [0.1, 0.15) is 44.7 Å². The Morgan fingerprint density at radius 3 is 2.83 bits per heavy atom. The van der Waals surface area contributed by atoms with Crippen LogP contribution in [0, 0.1) is 0 Å². The summed E-state index contributed by atoms with van der Waals surface area (Å²) in [5.74, 6) is -0.795. The van der Waals surface area contributed by atoms with Crippen LogP contribution in [-0.2, 0) is 11.2 Å². The van der Waals surface area contributed by atoms with Gasteiger partial charge >= 0.3 is 5.97 Å². The van der Waals surface area contributed by atoms with Crippen LogP contribution < -0.4 is 5.32 Å². The largest absolute Gasteiger partial charge is 0.480 e. The molecule has 0 aromatic carbocycles. The molecule has 0 radical (unpaired) electrons. The zero-order valence-electron chi connectivity index (χ0n) is 10.8. The molecule has 0 saturated heterocycles. The number of aromatic nitrogens is 2. The van der Waals surface area contributed by atoms with E-state index in [1.54, 1.807) is 12.5 Å². The molecule has 1 aromatic heterocycles. The van der Waals surface area contributed by atoms with E-state index in [4.69, 9.17) is 0 Å². The number of aliphatic carboxylic acids is 1. The lowest BCUT2D eigenvalue weighted by atomic mass is 9.82. The van der Waals surface area contributed by atoms with Gasteiger partial charge in [0, 0.05) is 23.9 Å². The van der Waals surface area contributed by atoms with Crippen molar-refractivity contribution in [2.24, 2.45) is 0 Å². The summed E-state index contributed by atoms with van der Waals surface area (Å²) in [6.07, 6.45) is 9.44. The lowest BCUT2D eigenvalue weighted by molar-refractivity contribution is -0.140. The lowest BCUT2D eigenvalue weighted by Crippen LogP contribution is -2.53. The molecule has 0 unspecified atom stereocenters. The second kappa shape index (κ2) is 5.52. The van der Waals surface area contributed by atoms with Gasteiger partial charge < -0.3 is 10.1 Å². The van der Waals surface area contributed by atoms with Gasteiger partial charge in [-0.3, -0.25) is 10.1 Å². The van der Waals surface area contributed by atoms with Gasteiger partial charge in [0.1, 0.15) is 6.04 Å². The summed E-state index contributed by atoms with van der Waals surface area (Å²) in [5, 5.41) is 12.6. The number of carboxylic acid groups (broad SMARTS) is 1. The number of hydrogen-bond acceptors (Lipinski definition) is 3. The first-order valence-electron chi connectivity index (χ1n) is 6.57. The maximum Gasteiger partial charge on any atom is 0.321 e. The first-order valence-corrected chi connectivity index (χ1v) is 6.57. The summed E-state index contributed by atoms with van der Waals surface area (Å²) in [4.78, 5) is 18.2. The van der Waals surface area contributed by atoms with E-state index in [2.05, 4.69) is 22.2 Å². The predicted octanol–water partition coefficient (Wildman–Crippen LogP) is 1.72. The highest BCUT2D eigenvalue weighted by atomic mass is 16.4. The Hall–Kier alpha value is -1.36. The third kappa shape index (κ3) is 3.32. The molecule has 5 heteroatoms.